The standard InChI is InChI=1S/C11H11ClIN3O/c12-8-6-14-11-7(10(8)13)5-15-16(11)9-3-1-2-4-17-9/h5-6,9H,1-4H2. The second kappa shape index (κ2) is 4.70. The van der Waals surface area contributed by atoms with E-state index in [4.69, 9.17) is 16.3 Å². The third-order valence-electron chi connectivity index (χ3n) is 2.94. The van der Waals surface area contributed by atoms with Crippen LogP contribution in [-0.4, -0.2) is 21.4 Å². The Balaban J connectivity index is 2.08. The van der Waals surface area contributed by atoms with Crippen LogP contribution >= 0.6 is 34.2 Å². The highest BCUT2D eigenvalue weighted by Crippen LogP contribution is 2.29. The Morgan fingerprint density at radius 3 is 3.06 bits per heavy atom. The molecule has 1 unspecified atom stereocenters. The van der Waals surface area contributed by atoms with E-state index in [1.165, 1.54) is 6.42 Å². The molecule has 1 aliphatic heterocycles. The number of rotatable bonds is 1. The summed E-state index contributed by atoms with van der Waals surface area (Å²) in [5.41, 5.74) is 0.853. The zero-order chi connectivity index (χ0) is 11.8. The van der Waals surface area contributed by atoms with Crippen LogP contribution in [0.3, 0.4) is 0 Å². The maximum absolute atomic E-state index is 6.04. The van der Waals surface area contributed by atoms with Gasteiger partial charge in [-0.15, -0.1) is 0 Å². The van der Waals surface area contributed by atoms with Crippen molar-refractivity contribution >= 4 is 45.2 Å². The van der Waals surface area contributed by atoms with Gasteiger partial charge in [0.15, 0.2) is 11.9 Å². The molecular formula is C11H11ClIN3O. The SMILES string of the molecule is Clc1cnc2c(cnn2C2CCCCO2)c1I. The number of pyridine rings is 1. The minimum Gasteiger partial charge on any atom is -0.356 e. The smallest absolute Gasteiger partial charge is 0.161 e. The third kappa shape index (κ3) is 2.04. The van der Waals surface area contributed by atoms with Gasteiger partial charge in [0.25, 0.3) is 0 Å². The molecule has 6 heteroatoms. The molecule has 1 atom stereocenters. The Bertz CT molecular complexity index is 551. The number of fused-ring (bicyclic) bond motifs is 1. The van der Waals surface area contributed by atoms with Crippen molar-refractivity contribution in [2.75, 3.05) is 6.61 Å². The molecule has 4 nitrogen and oxygen atoms in total. The monoisotopic (exact) mass is 363 g/mol. The van der Waals surface area contributed by atoms with Crippen molar-refractivity contribution in [3.05, 3.63) is 21.0 Å². The van der Waals surface area contributed by atoms with E-state index in [-0.39, 0.29) is 6.23 Å². The van der Waals surface area contributed by atoms with E-state index in [0.717, 1.165) is 34.1 Å². The number of hydrogen-bond acceptors (Lipinski definition) is 3. The van der Waals surface area contributed by atoms with Gasteiger partial charge in [-0.25, -0.2) is 9.67 Å². The first-order valence-electron chi connectivity index (χ1n) is 5.56. The summed E-state index contributed by atoms with van der Waals surface area (Å²) >= 11 is 8.27. The Morgan fingerprint density at radius 1 is 1.41 bits per heavy atom. The van der Waals surface area contributed by atoms with Gasteiger partial charge in [0.05, 0.1) is 16.6 Å². The highest BCUT2D eigenvalue weighted by Gasteiger charge is 2.20. The van der Waals surface area contributed by atoms with Gasteiger partial charge in [0.2, 0.25) is 0 Å². The first-order valence-corrected chi connectivity index (χ1v) is 7.02. The molecule has 1 fully saturated rings. The Hall–Kier alpha value is -0.400. The highest BCUT2D eigenvalue weighted by atomic mass is 127. The molecule has 0 amide bonds. The minimum absolute atomic E-state index is 0.0192. The van der Waals surface area contributed by atoms with Crippen molar-refractivity contribution in [3.63, 3.8) is 0 Å². The van der Waals surface area contributed by atoms with Crippen LogP contribution in [0.1, 0.15) is 25.5 Å². The molecule has 2 aromatic rings. The first-order chi connectivity index (χ1) is 8.27. The van der Waals surface area contributed by atoms with Crippen LogP contribution in [0.5, 0.6) is 0 Å². The summed E-state index contributed by atoms with van der Waals surface area (Å²) in [6.07, 6.45) is 6.81. The predicted octanol–water partition coefficient (Wildman–Crippen LogP) is 3.39. The summed E-state index contributed by atoms with van der Waals surface area (Å²) in [4.78, 5) is 4.36. The van der Waals surface area contributed by atoms with E-state index in [1.54, 1.807) is 6.20 Å². The van der Waals surface area contributed by atoms with Crippen molar-refractivity contribution in [2.45, 2.75) is 25.5 Å². The van der Waals surface area contributed by atoms with Gasteiger partial charge in [0, 0.05) is 16.4 Å². The normalized spacial score (nSPS) is 20.9. The van der Waals surface area contributed by atoms with Gasteiger partial charge in [-0.1, -0.05) is 11.6 Å². The maximum Gasteiger partial charge on any atom is 0.161 e. The van der Waals surface area contributed by atoms with E-state index >= 15 is 0 Å². The van der Waals surface area contributed by atoms with Gasteiger partial charge >= 0.3 is 0 Å². The molecule has 0 N–H and O–H groups in total. The van der Waals surface area contributed by atoms with Crippen LogP contribution in [0.25, 0.3) is 11.0 Å². The Kier molecular flexibility index (Phi) is 3.23. The fourth-order valence-corrected chi connectivity index (χ4v) is 2.74. The molecule has 0 saturated carbocycles. The van der Waals surface area contributed by atoms with Crippen LogP contribution in [-0.2, 0) is 4.74 Å². The molecule has 3 heterocycles. The van der Waals surface area contributed by atoms with Crippen molar-refractivity contribution < 1.29 is 4.74 Å². The molecule has 0 aliphatic carbocycles. The summed E-state index contributed by atoms with van der Waals surface area (Å²) in [6, 6.07) is 0. The zero-order valence-electron chi connectivity index (χ0n) is 9.07. The van der Waals surface area contributed by atoms with Gasteiger partial charge in [-0.2, -0.15) is 5.10 Å². The van der Waals surface area contributed by atoms with Crippen molar-refractivity contribution in [2.24, 2.45) is 0 Å². The lowest BCUT2D eigenvalue weighted by atomic mass is 10.2. The average molecular weight is 364 g/mol. The number of aromatic nitrogens is 3. The van der Waals surface area contributed by atoms with Crippen molar-refractivity contribution in [1.82, 2.24) is 14.8 Å². The molecule has 3 rings (SSSR count). The number of ether oxygens (including phenoxy) is 1. The van der Waals surface area contributed by atoms with Gasteiger partial charge < -0.3 is 4.74 Å². The predicted molar refractivity (Wildman–Crippen MR) is 74.1 cm³/mol. The lowest BCUT2D eigenvalue weighted by Crippen LogP contribution is -2.19. The molecule has 2 aromatic heterocycles. The fourth-order valence-electron chi connectivity index (χ4n) is 2.07. The van der Waals surface area contributed by atoms with Crippen LogP contribution < -0.4 is 0 Å². The fraction of sp³-hybridized carbons (Fsp3) is 0.455. The topological polar surface area (TPSA) is 39.9 Å². The molecule has 0 aromatic carbocycles. The van der Waals surface area contributed by atoms with E-state index in [0.29, 0.717) is 5.02 Å². The quantitative estimate of drug-likeness (QED) is 0.729. The summed E-state index contributed by atoms with van der Waals surface area (Å²) < 4.78 is 8.59. The first kappa shape index (κ1) is 11.7. The van der Waals surface area contributed by atoms with Crippen LogP contribution in [0, 0.1) is 3.57 Å². The average Bonchev–Trinajstić information content (AvgIpc) is 2.79. The van der Waals surface area contributed by atoms with E-state index < -0.39 is 0 Å². The Morgan fingerprint density at radius 2 is 2.29 bits per heavy atom. The summed E-state index contributed by atoms with van der Waals surface area (Å²) in [6.45, 7) is 0.802. The van der Waals surface area contributed by atoms with Gasteiger partial charge in [-0.3, -0.25) is 0 Å². The van der Waals surface area contributed by atoms with Crippen molar-refractivity contribution in [1.29, 1.82) is 0 Å². The minimum atomic E-state index is 0.0192. The molecule has 0 radical (unpaired) electrons. The second-order valence-electron chi connectivity index (χ2n) is 4.07. The summed E-state index contributed by atoms with van der Waals surface area (Å²) in [5.74, 6) is 0. The molecular weight excluding hydrogens is 352 g/mol. The lowest BCUT2D eigenvalue weighted by molar-refractivity contribution is -0.0370. The lowest BCUT2D eigenvalue weighted by Gasteiger charge is -2.22. The van der Waals surface area contributed by atoms with E-state index in [9.17, 15) is 0 Å². The van der Waals surface area contributed by atoms with Crippen molar-refractivity contribution in [3.8, 4) is 0 Å². The molecule has 0 bridgehead atoms. The molecule has 17 heavy (non-hydrogen) atoms. The number of hydrogen-bond donors (Lipinski definition) is 0. The second-order valence-corrected chi connectivity index (χ2v) is 5.55. The Labute approximate surface area is 117 Å². The molecule has 90 valence electrons. The van der Waals surface area contributed by atoms with E-state index in [2.05, 4.69) is 32.7 Å². The van der Waals surface area contributed by atoms with Crippen LogP contribution in [0.2, 0.25) is 5.02 Å². The number of halogens is 2. The van der Waals surface area contributed by atoms with Crippen LogP contribution in [0.4, 0.5) is 0 Å². The maximum atomic E-state index is 6.04. The molecule has 1 aliphatic rings. The molecule has 0 spiro atoms. The zero-order valence-corrected chi connectivity index (χ0v) is 12.0. The third-order valence-corrected chi connectivity index (χ3v) is 4.71. The summed E-state index contributed by atoms with van der Waals surface area (Å²) in [7, 11) is 0. The van der Waals surface area contributed by atoms with Crippen LogP contribution in [0.15, 0.2) is 12.4 Å². The summed E-state index contributed by atoms with van der Waals surface area (Å²) in [5, 5.41) is 6.05. The van der Waals surface area contributed by atoms with Gasteiger partial charge in [0.1, 0.15) is 0 Å². The molecule has 1 saturated heterocycles. The largest absolute Gasteiger partial charge is 0.356 e. The van der Waals surface area contributed by atoms with E-state index in [1.807, 2.05) is 10.9 Å². The number of nitrogens with zero attached hydrogens (tertiary/aromatic N) is 3. The highest BCUT2D eigenvalue weighted by molar-refractivity contribution is 14.1. The van der Waals surface area contributed by atoms with Gasteiger partial charge in [-0.05, 0) is 41.9 Å².